The molecule has 0 bridgehead atoms. The molecule has 196 valence electrons. The molecule has 5 rings (SSSR count). The van der Waals surface area contributed by atoms with Gasteiger partial charge in [0.05, 0.1) is 45.3 Å². The van der Waals surface area contributed by atoms with Crippen LogP contribution in [0.25, 0.3) is 27.8 Å². The Labute approximate surface area is 217 Å². The van der Waals surface area contributed by atoms with E-state index in [1.807, 2.05) is 52.3 Å². The van der Waals surface area contributed by atoms with Gasteiger partial charge in [-0.3, -0.25) is 9.97 Å². The van der Waals surface area contributed by atoms with E-state index < -0.39 is 5.60 Å². The molecule has 0 spiro atoms. The van der Waals surface area contributed by atoms with E-state index in [4.69, 9.17) is 26.3 Å². The van der Waals surface area contributed by atoms with E-state index in [0.29, 0.717) is 11.6 Å². The van der Waals surface area contributed by atoms with Crippen molar-refractivity contribution in [2.45, 2.75) is 45.3 Å². The van der Waals surface area contributed by atoms with Crippen molar-refractivity contribution < 1.29 is 9.84 Å². The summed E-state index contributed by atoms with van der Waals surface area (Å²) in [7, 11) is 3.77. The van der Waals surface area contributed by atoms with Gasteiger partial charge in [0.1, 0.15) is 5.52 Å². The summed E-state index contributed by atoms with van der Waals surface area (Å²) in [6.45, 7) is 6.91. The lowest BCUT2D eigenvalue weighted by Gasteiger charge is -2.32. The molecule has 0 saturated carbocycles. The summed E-state index contributed by atoms with van der Waals surface area (Å²) in [4.78, 5) is 9.77. The Balaban J connectivity index is 1.88. The van der Waals surface area contributed by atoms with Gasteiger partial charge in [0, 0.05) is 51.0 Å². The van der Waals surface area contributed by atoms with Crippen LogP contribution in [0.2, 0.25) is 0 Å². The van der Waals surface area contributed by atoms with Crippen molar-refractivity contribution in [3.8, 4) is 0 Å². The largest absolute Gasteiger partial charge is 0.401 e. The van der Waals surface area contributed by atoms with Crippen molar-refractivity contribution in [1.29, 1.82) is 0 Å². The van der Waals surface area contributed by atoms with Crippen LogP contribution in [0.4, 0.5) is 0 Å². The fraction of sp³-hybridized carbons (Fsp3) is 0.429. The van der Waals surface area contributed by atoms with Gasteiger partial charge in [0.2, 0.25) is 0 Å². The van der Waals surface area contributed by atoms with Crippen LogP contribution >= 0.6 is 0 Å². The highest BCUT2D eigenvalue weighted by Gasteiger charge is 2.33. The number of aromatic nitrogens is 4. The summed E-state index contributed by atoms with van der Waals surface area (Å²) < 4.78 is 10.1. The number of pyridine rings is 2. The van der Waals surface area contributed by atoms with Crippen LogP contribution in [0.5, 0.6) is 0 Å². The van der Waals surface area contributed by atoms with Crippen molar-refractivity contribution >= 4 is 27.8 Å². The van der Waals surface area contributed by atoms with E-state index in [9.17, 15) is 5.11 Å². The number of hydrazine groups is 1. The minimum absolute atomic E-state index is 0.0405. The molecule has 0 aliphatic carbocycles. The molecule has 4 aromatic heterocycles. The molecule has 4 aromatic rings. The predicted octanol–water partition coefficient (Wildman–Crippen LogP) is 3.62. The number of hydrogen-bond donors (Lipinski definition) is 3. The molecule has 5 heterocycles. The summed E-state index contributed by atoms with van der Waals surface area (Å²) in [5, 5.41) is 12.5. The monoisotopic (exact) mass is 503 g/mol. The Hall–Kier alpha value is -3.40. The van der Waals surface area contributed by atoms with Gasteiger partial charge in [-0.25, -0.2) is 5.84 Å². The van der Waals surface area contributed by atoms with Crippen molar-refractivity contribution in [2.75, 3.05) is 20.3 Å². The Morgan fingerprint density at radius 3 is 2.51 bits per heavy atom. The molecule has 37 heavy (non-hydrogen) atoms. The lowest BCUT2D eigenvalue weighted by molar-refractivity contribution is 0.0547. The van der Waals surface area contributed by atoms with Crippen molar-refractivity contribution in [3.05, 3.63) is 65.4 Å². The van der Waals surface area contributed by atoms with E-state index in [0.717, 1.165) is 70.8 Å². The first-order valence-electron chi connectivity index (χ1n) is 12.8. The maximum Gasteiger partial charge on any atom is 0.112 e. The predicted molar refractivity (Wildman–Crippen MR) is 146 cm³/mol. The number of aryl methyl sites for hydroxylation is 1. The fourth-order valence-corrected chi connectivity index (χ4v) is 5.89. The topological polar surface area (TPSA) is 120 Å². The molecule has 0 amide bonds. The second-order valence-electron chi connectivity index (χ2n) is 10.6. The standard InChI is InChI=1S/C28H37N7O2/c1-17(29)25(34(5)30)19-14-21-24(32-16-19)27-22(15-23(33(27)4)28(2,3)36)35(21)26(18-9-12-37-13-10-18)20-8-6-7-11-31-20/h6-8,11,14-16,18,26,36H,9-10,12-13,29-30H2,1-5H3/b25-17-. The van der Waals surface area contributed by atoms with Crippen LogP contribution in [0, 0.1) is 5.92 Å². The summed E-state index contributed by atoms with van der Waals surface area (Å²) in [5.41, 5.74) is 13.0. The molecular weight excluding hydrogens is 466 g/mol. The van der Waals surface area contributed by atoms with Crippen LogP contribution in [0.3, 0.4) is 0 Å². The van der Waals surface area contributed by atoms with E-state index in [-0.39, 0.29) is 6.04 Å². The van der Waals surface area contributed by atoms with E-state index in [2.05, 4.69) is 27.3 Å². The lowest BCUT2D eigenvalue weighted by atomic mass is 9.89. The molecule has 1 saturated heterocycles. The third-order valence-corrected chi connectivity index (χ3v) is 7.43. The maximum absolute atomic E-state index is 11.0. The first-order chi connectivity index (χ1) is 17.6. The van der Waals surface area contributed by atoms with E-state index in [1.54, 1.807) is 7.05 Å². The van der Waals surface area contributed by atoms with Gasteiger partial charge in [-0.1, -0.05) is 6.07 Å². The molecule has 9 heteroatoms. The third-order valence-electron chi connectivity index (χ3n) is 7.43. The molecule has 1 aliphatic heterocycles. The number of hydrogen-bond acceptors (Lipinski definition) is 7. The van der Waals surface area contributed by atoms with Crippen LogP contribution in [0.1, 0.15) is 56.6 Å². The highest BCUT2D eigenvalue weighted by atomic mass is 16.5. The molecule has 0 radical (unpaired) electrons. The van der Waals surface area contributed by atoms with Gasteiger partial charge in [-0.05, 0) is 63.8 Å². The van der Waals surface area contributed by atoms with Gasteiger partial charge >= 0.3 is 0 Å². The van der Waals surface area contributed by atoms with Crippen LogP contribution in [0.15, 0.2) is 48.4 Å². The zero-order valence-corrected chi connectivity index (χ0v) is 22.3. The SMILES string of the molecule is C/C(N)=C(\c1cnc2c3c(cc(C(C)(C)O)n3C)n(C(c3ccccn3)C3CCOCC3)c2c1)N(C)N. The number of allylic oxidation sites excluding steroid dienone is 1. The number of nitrogens with zero attached hydrogens (tertiary/aromatic N) is 5. The van der Waals surface area contributed by atoms with Gasteiger partial charge in [-0.15, -0.1) is 0 Å². The second kappa shape index (κ2) is 9.48. The number of aliphatic hydroxyl groups is 1. The summed E-state index contributed by atoms with van der Waals surface area (Å²) in [5.74, 6) is 6.49. The molecule has 1 aliphatic rings. The first-order valence-corrected chi connectivity index (χ1v) is 12.8. The molecular formula is C28H37N7O2. The van der Waals surface area contributed by atoms with Crippen LogP contribution in [-0.4, -0.2) is 49.5 Å². The van der Waals surface area contributed by atoms with Crippen molar-refractivity contribution in [2.24, 2.45) is 24.5 Å². The normalized spacial score (nSPS) is 16.8. The highest BCUT2D eigenvalue weighted by Crippen LogP contribution is 2.42. The number of ether oxygens (including phenoxy) is 1. The summed E-state index contributed by atoms with van der Waals surface area (Å²) in [6, 6.07) is 10.2. The first kappa shape index (κ1) is 25.3. The third kappa shape index (κ3) is 4.37. The quantitative estimate of drug-likeness (QED) is 0.271. The smallest absolute Gasteiger partial charge is 0.112 e. The summed E-state index contributed by atoms with van der Waals surface area (Å²) >= 11 is 0. The Bertz CT molecular complexity index is 1450. The highest BCUT2D eigenvalue weighted by molar-refractivity contribution is 6.05. The number of rotatable bonds is 6. The molecule has 5 N–H and O–H groups in total. The minimum Gasteiger partial charge on any atom is -0.401 e. The summed E-state index contributed by atoms with van der Waals surface area (Å²) in [6.07, 6.45) is 5.53. The molecule has 1 unspecified atom stereocenters. The lowest BCUT2D eigenvalue weighted by Crippen LogP contribution is -2.28. The average molecular weight is 504 g/mol. The van der Waals surface area contributed by atoms with Gasteiger partial charge < -0.3 is 29.7 Å². The van der Waals surface area contributed by atoms with Gasteiger partial charge in [0.15, 0.2) is 0 Å². The maximum atomic E-state index is 11.0. The minimum atomic E-state index is -1.02. The van der Waals surface area contributed by atoms with Crippen molar-refractivity contribution in [3.63, 3.8) is 0 Å². The fourth-order valence-electron chi connectivity index (χ4n) is 5.89. The Morgan fingerprint density at radius 2 is 1.92 bits per heavy atom. The zero-order chi connectivity index (χ0) is 26.5. The molecule has 1 atom stereocenters. The Morgan fingerprint density at radius 1 is 1.19 bits per heavy atom. The van der Waals surface area contributed by atoms with Crippen LogP contribution in [-0.2, 0) is 17.4 Å². The van der Waals surface area contributed by atoms with E-state index >= 15 is 0 Å². The molecule has 0 aromatic carbocycles. The van der Waals surface area contributed by atoms with Gasteiger partial charge in [0.25, 0.3) is 0 Å². The number of nitrogens with two attached hydrogens (primary N) is 2. The zero-order valence-electron chi connectivity index (χ0n) is 22.3. The molecule has 9 nitrogen and oxygen atoms in total. The second-order valence-corrected chi connectivity index (χ2v) is 10.6. The van der Waals surface area contributed by atoms with E-state index in [1.165, 1.54) is 5.01 Å². The van der Waals surface area contributed by atoms with Crippen LogP contribution < -0.4 is 11.6 Å². The van der Waals surface area contributed by atoms with Crippen molar-refractivity contribution in [1.82, 2.24) is 24.1 Å². The molecule has 1 fully saturated rings. The van der Waals surface area contributed by atoms with Gasteiger partial charge in [-0.2, -0.15) is 0 Å². The number of fused-ring (bicyclic) bond motifs is 3. The average Bonchev–Trinajstić information content (AvgIpc) is 3.35. The Kier molecular flexibility index (Phi) is 6.47.